The van der Waals surface area contributed by atoms with Crippen molar-refractivity contribution < 1.29 is 106 Å². The SMILES string of the molecule is CC[C@@H](CCCCNC(=O)COCCOCCNC(=O)COCCOCCCC(=O)COCCOCCNC(=O)COCCOCCCC(=O)CC[C@H](NC(=O)CCCCCCCCCCCCCCCCC(=O)O)C(=O)O)C(=O)CN[C@@H](CCCN=C(N)N)CC(=O)N[C@@H](Cc1ccc(O)cc1)C(N)=O. The van der Waals surface area contributed by atoms with Crippen LogP contribution in [0.4, 0.5) is 0 Å². The fraction of sp³-hybridized carbons (Fsp3) is 0.757. The number of primary amides is 1. The topological polar surface area (TPSA) is 485 Å². The van der Waals surface area contributed by atoms with Gasteiger partial charge >= 0.3 is 11.9 Å². The Morgan fingerprint density at radius 3 is 1.39 bits per heavy atom. The standard InChI is InChI=1S/C74H128N10O22/c1-2-58(65(88)52-82-59(23-19-35-81-74(76)77)51-67(90)84-64(72(75)96)50-57-28-30-61(86)31-29-57)22-17-18-34-78-68(91)54-106-49-45-102-41-37-80-70(93)56-105-48-43-100-39-21-25-62(87)53-103-46-44-101-40-36-79-69(92)55-104-47-42-99-38-20-24-60(85)32-33-63(73(97)98)83-66(89)26-15-13-11-9-7-5-3-4-6-8-10-12-14-16-27-71(94)95/h28-31,58-59,63-64,82,86H,2-27,32-56H2,1H3,(H2,75,96)(H,78,91)(H,79,92)(H,80,93)(H,83,89)(H,84,90)(H,94,95)(H,97,98)(H4,76,77,81)/t58-,59-,63-,64-/m0/s1. The van der Waals surface area contributed by atoms with E-state index >= 15 is 0 Å². The Bertz CT molecular complexity index is 2600. The molecule has 0 saturated heterocycles. The number of phenols is 1. The minimum absolute atomic E-state index is 0.00889. The number of ketones is 3. The number of nitrogens with one attached hydrogen (secondary N) is 6. The highest BCUT2D eigenvalue weighted by molar-refractivity contribution is 5.88. The number of aliphatic imine (C=N–C) groups is 1. The van der Waals surface area contributed by atoms with Gasteiger partial charge in [-0.1, -0.05) is 103 Å². The third kappa shape index (κ3) is 60.8. The van der Waals surface area contributed by atoms with E-state index in [-0.39, 0.29) is 229 Å². The van der Waals surface area contributed by atoms with E-state index in [4.69, 9.17) is 60.2 Å². The van der Waals surface area contributed by atoms with Crippen LogP contribution in [-0.4, -0.2) is 243 Å². The fourth-order valence-electron chi connectivity index (χ4n) is 10.8. The second-order valence-electron chi connectivity index (χ2n) is 26.0. The molecule has 0 aromatic heterocycles. The minimum Gasteiger partial charge on any atom is -0.508 e. The van der Waals surface area contributed by atoms with Gasteiger partial charge in [-0.3, -0.25) is 52.9 Å². The van der Waals surface area contributed by atoms with E-state index in [2.05, 4.69) is 36.9 Å². The van der Waals surface area contributed by atoms with Crippen LogP contribution < -0.4 is 49.1 Å². The number of carbonyl (C=O) groups excluding carboxylic acids is 9. The van der Waals surface area contributed by atoms with Crippen molar-refractivity contribution in [1.29, 1.82) is 0 Å². The molecule has 15 N–H and O–H groups in total. The van der Waals surface area contributed by atoms with Gasteiger partial charge in [0.25, 0.3) is 0 Å². The number of nitrogens with two attached hydrogens (primary N) is 3. The number of aromatic hydroxyl groups is 1. The van der Waals surface area contributed by atoms with E-state index < -0.39 is 41.9 Å². The van der Waals surface area contributed by atoms with Crippen molar-refractivity contribution in [2.75, 3.05) is 138 Å². The second-order valence-corrected chi connectivity index (χ2v) is 26.0. The Labute approximate surface area is 626 Å². The summed E-state index contributed by atoms with van der Waals surface area (Å²) in [5, 5.41) is 44.5. The predicted octanol–water partition coefficient (Wildman–Crippen LogP) is 3.93. The summed E-state index contributed by atoms with van der Waals surface area (Å²) in [6.07, 6.45) is 20.5. The number of Topliss-reactive ketones (excluding diaryl/α,β-unsaturated/α-hetero) is 3. The predicted molar refractivity (Wildman–Crippen MR) is 396 cm³/mol. The first-order valence-corrected chi connectivity index (χ1v) is 38.1. The lowest BCUT2D eigenvalue weighted by atomic mass is 9.94. The summed E-state index contributed by atoms with van der Waals surface area (Å²) in [5.41, 5.74) is 17.2. The van der Waals surface area contributed by atoms with Crippen LogP contribution in [0.5, 0.6) is 5.75 Å². The lowest BCUT2D eigenvalue weighted by Gasteiger charge is -2.22. The summed E-state index contributed by atoms with van der Waals surface area (Å²) in [6, 6.07) is 3.70. The van der Waals surface area contributed by atoms with Crippen LogP contribution >= 0.6 is 0 Å². The Hall–Kier alpha value is -7.30. The maximum Gasteiger partial charge on any atom is 0.326 e. The first-order chi connectivity index (χ1) is 51.2. The van der Waals surface area contributed by atoms with E-state index in [1.807, 2.05) is 6.92 Å². The first kappa shape index (κ1) is 96.7. The Balaban J connectivity index is 1.96. The normalized spacial score (nSPS) is 12.3. The molecule has 0 spiro atoms. The maximum atomic E-state index is 13.3. The first-order valence-electron chi connectivity index (χ1n) is 38.1. The number of guanidine groups is 1. The third-order valence-corrected chi connectivity index (χ3v) is 16.8. The van der Waals surface area contributed by atoms with Gasteiger partial charge in [0.1, 0.15) is 55.8 Å². The van der Waals surface area contributed by atoms with E-state index in [9.17, 15) is 63.0 Å². The molecule has 1 aromatic carbocycles. The van der Waals surface area contributed by atoms with Gasteiger partial charge in [0.05, 0.1) is 72.6 Å². The molecule has 0 aliphatic rings. The molecule has 106 heavy (non-hydrogen) atoms. The number of hydrogen-bond donors (Lipinski definition) is 12. The number of amides is 6. The van der Waals surface area contributed by atoms with Crippen molar-refractivity contribution in [1.82, 2.24) is 31.9 Å². The number of nitrogens with zero attached hydrogens (tertiary/aromatic N) is 1. The van der Waals surface area contributed by atoms with Crippen molar-refractivity contribution in [2.24, 2.45) is 28.1 Å². The molecule has 1 rings (SSSR count). The molecule has 0 bridgehead atoms. The molecule has 6 amide bonds. The molecule has 4 atom stereocenters. The number of ether oxygens (including phenoxy) is 8. The molecule has 0 radical (unpaired) electrons. The van der Waals surface area contributed by atoms with Gasteiger partial charge in [0.15, 0.2) is 11.7 Å². The summed E-state index contributed by atoms with van der Waals surface area (Å²) in [5.74, 6) is -4.76. The smallest absolute Gasteiger partial charge is 0.326 e. The highest BCUT2D eigenvalue weighted by Crippen LogP contribution is 2.17. The molecular weight excluding hydrogens is 1380 g/mol. The molecule has 606 valence electrons. The van der Waals surface area contributed by atoms with E-state index in [0.717, 1.165) is 44.9 Å². The number of phenolic OH excluding ortho intramolecular Hbond substituents is 1. The molecular formula is C74H128N10O22. The summed E-state index contributed by atoms with van der Waals surface area (Å²) in [4.78, 5) is 138. The second kappa shape index (κ2) is 67.1. The average Bonchev–Trinajstić information content (AvgIpc) is 0.904. The highest BCUT2D eigenvalue weighted by atomic mass is 16.5. The summed E-state index contributed by atoms with van der Waals surface area (Å²) >= 11 is 0. The molecule has 0 aliphatic carbocycles. The molecule has 0 unspecified atom stereocenters. The van der Waals surface area contributed by atoms with Crippen LogP contribution in [0.15, 0.2) is 29.3 Å². The van der Waals surface area contributed by atoms with Gasteiger partial charge in [-0.25, -0.2) is 4.79 Å². The van der Waals surface area contributed by atoms with Gasteiger partial charge in [0.2, 0.25) is 35.4 Å². The summed E-state index contributed by atoms with van der Waals surface area (Å²) in [7, 11) is 0. The van der Waals surface area contributed by atoms with Crippen molar-refractivity contribution in [3.8, 4) is 5.75 Å². The Morgan fingerprint density at radius 2 is 0.896 bits per heavy atom. The zero-order valence-corrected chi connectivity index (χ0v) is 63.0. The number of benzene rings is 1. The molecule has 32 nitrogen and oxygen atoms in total. The lowest BCUT2D eigenvalue weighted by molar-refractivity contribution is -0.142. The third-order valence-electron chi connectivity index (χ3n) is 16.8. The number of aliphatic carboxylic acids is 2. The molecule has 0 saturated carbocycles. The quantitative estimate of drug-likeness (QED) is 0.0250. The van der Waals surface area contributed by atoms with Crippen LogP contribution in [0, 0.1) is 5.92 Å². The summed E-state index contributed by atoms with van der Waals surface area (Å²) in [6.45, 7) is 5.28. The molecule has 32 heteroatoms. The molecule has 0 aliphatic heterocycles. The molecule has 0 fully saturated rings. The zero-order chi connectivity index (χ0) is 77.9. The van der Waals surface area contributed by atoms with Crippen molar-refractivity contribution in [3.05, 3.63) is 29.8 Å². The number of carboxylic acid groups (broad SMARTS) is 2. The van der Waals surface area contributed by atoms with Crippen LogP contribution in [0.3, 0.4) is 0 Å². The Morgan fingerprint density at radius 1 is 0.434 bits per heavy atom. The number of carbonyl (C=O) groups is 11. The molecule has 1 aromatic rings. The van der Waals surface area contributed by atoms with Gasteiger partial charge < -0.3 is 102 Å². The lowest BCUT2D eigenvalue weighted by Crippen LogP contribution is -2.48. The number of hydrogen-bond acceptors (Lipinski definition) is 22. The van der Waals surface area contributed by atoms with Gasteiger partial charge in [-0.05, 0) is 81.9 Å². The molecule has 0 heterocycles. The van der Waals surface area contributed by atoms with Crippen LogP contribution in [0.1, 0.15) is 199 Å². The number of rotatable bonds is 76. The maximum absolute atomic E-state index is 13.3. The highest BCUT2D eigenvalue weighted by Gasteiger charge is 2.25. The van der Waals surface area contributed by atoms with Crippen LogP contribution in [0.2, 0.25) is 0 Å². The minimum atomic E-state index is -1.17. The number of carboxylic acids is 2. The van der Waals surface area contributed by atoms with Crippen LogP contribution in [-0.2, 0) is 97.1 Å². The average molecular weight is 1510 g/mol. The number of unbranched alkanes of at least 4 members (excludes halogenated alkanes) is 14. The van der Waals surface area contributed by atoms with E-state index in [1.165, 1.54) is 50.7 Å². The van der Waals surface area contributed by atoms with Gasteiger partial charge in [-0.2, -0.15) is 0 Å². The monoisotopic (exact) mass is 1510 g/mol. The van der Waals surface area contributed by atoms with Gasteiger partial charge in [-0.15, -0.1) is 0 Å². The Kier molecular flexibility index (Phi) is 61.2. The van der Waals surface area contributed by atoms with Crippen molar-refractivity contribution in [2.45, 2.75) is 218 Å². The van der Waals surface area contributed by atoms with Crippen molar-refractivity contribution >= 4 is 70.7 Å². The van der Waals surface area contributed by atoms with E-state index in [1.54, 1.807) is 12.1 Å². The van der Waals surface area contributed by atoms with Gasteiger partial charge in [0, 0.05) is 96.3 Å². The fourth-order valence-corrected chi connectivity index (χ4v) is 10.8. The van der Waals surface area contributed by atoms with Crippen LogP contribution in [0.25, 0.3) is 0 Å². The van der Waals surface area contributed by atoms with Crippen molar-refractivity contribution in [3.63, 3.8) is 0 Å². The zero-order valence-electron chi connectivity index (χ0n) is 63.0. The van der Waals surface area contributed by atoms with E-state index in [0.29, 0.717) is 83.0 Å². The largest absolute Gasteiger partial charge is 0.508 e. The summed E-state index contributed by atoms with van der Waals surface area (Å²) < 4.78 is 43.3.